The Morgan fingerprint density at radius 1 is 0.517 bits per heavy atom. The van der Waals surface area contributed by atoms with Crippen LogP contribution in [0.4, 0.5) is 34.1 Å². The molecule has 0 saturated heterocycles. The van der Waals surface area contributed by atoms with Gasteiger partial charge in [0.05, 0.1) is 5.52 Å². The average molecular weight is 752 g/mol. The molecule has 2 aliphatic rings. The number of furan rings is 1. The summed E-state index contributed by atoms with van der Waals surface area (Å²) < 4.78 is 9.58. The summed E-state index contributed by atoms with van der Waals surface area (Å²) in [6, 6.07) is 55.9. The maximum absolute atomic E-state index is 7.05. The van der Waals surface area contributed by atoms with Crippen molar-refractivity contribution in [1.82, 2.24) is 4.57 Å². The third-order valence-corrected chi connectivity index (χ3v) is 12.5. The van der Waals surface area contributed by atoms with Crippen molar-refractivity contribution in [3.63, 3.8) is 0 Å². The van der Waals surface area contributed by atoms with E-state index in [-0.39, 0.29) is 17.5 Å². The first-order valence-electron chi connectivity index (χ1n) is 20.6. The van der Waals surface area contributed by atoms with E-state index in [1.165, 1.54) is 61.3 Å². The molecule has 9 aromatic rings. The van der Waals surface area contributed by atoms with Crippen LogP contribution in [0, 0.1) is 6.92 Å². The molecule has 0 N–H and O–H groups in total. The normalized spacial score (nSPS) is 13.4. The topological polar surface area (TPSA) is 24.6 Å². The van der Waals surface area contributed by atoms with Crippen molar-refractivity contribution in [2.75, 3.05) is 9.80 Å². The Morgan fingerprint density at radius 2 is 1.19 bits per heavy atom. The number of hydrogen-bond acceptors (Lipinski definition) is 3. The lowest BCUT2D eigenvalue weighted by Gasteiger charge is -2.41. The lowest BCUT2D eigenvalue weighted by molar-refractivity contribution is 0.590. The van der Waals surface area contributed by atoms with Crippen LogP contribution >= 0.6 is 0 Å². The lowest BCUT2D eigenvalue weighted by Crippen LogP contribution is -2.60. The minimum absolute atomic E-state index is 0.00208. The minimum atomic E-state index is -0.00208. The highest BCUT2D eigenvalue weighted by Crippen LogP contribution is 2.46. The van der Waals surface area contributed by atoms with Crippen LogP contribution in [-0.2, 0) is 10.8 Å². The van der Waals surface area contributed by atoms with Crippen molar-refractivity contribution in [2.45, 2.75) is 59.3 Å². The molecule has 0 spiro atoms. The molecule has 0 amide bonds. The molecule has 2 aliphatic heterocycles. The molecule has 0 atom stereocenters. The molecule has 4 heterocycles. The number of nitrogens with zero attached hydrogens (tertiary/aromatic N) is 3. The number of benzene rings is 7. The predicted molar refractivity (Wildman–Crippen MR) is 247 cm³/mol. The Labute approximate surface area is 341 Å². The van der Waals surface area contributed by atoms with Crippen LogP contribution in [0.1, 0.15) is 58.2 Å². The van der Waals surface area contributed by atoms with Crippen LogP contribution < -0.4 is 26.2 Å². The van der Waals surface area contributed by atoms with Crippen molar-refractivity contribution in [3.8, 4) is 5.69 Å². The Kier molecular flexibility index (Phi) is 7.36. The number of fused-ring (bicyclic) bond motifs is 9. The summed E-state index contributed by atoms with van der Waals surface area (Å²) in [5, 5.41) is 2.26. The van der Waals surface area contributed by atoms with Gasteiger partial charge in [0, 0.05) is 56.7 Å². The molecule has 11 rings (SSSR count). The number of aromatic nitrogens is 1. The van der Waals surface area contributed by atoms with Gasteiger partial charge in [-0.1, -0.05) is 114 Å². The monoisotopic (exact) mass is 751 g/mol. The molecule has 0 aliphatic carbocycles. The zero-order valence-corrected chi connectivity index (χ0v) is 34.3. The molecular weight excluding hydrogens is 705 g/mol. The lowest BCUT2D eigenvalue weighted by atomic mass is 9.33. The maximum Gasteiger partial charge on any atom is 0.252 e. The molecule has 7 aromatic carbocycles. The van der Waals surface area contributed by atoms with Crippen molar-refractivity contribution < 1.29 is 4.42 Å². The van der Waals surface area contributed by atoms with E-state index in [1.54, 1.807) is 0 Å². The van der Waals surface area contributed by atoms with Crippen LogP contribution in [0.25, 0.3) is 38.7 Å². The SMILES string of the molecule is Cc1cc2c3c(c1)-n1c4c(cccc4c4oc5cc(N(c6ccccc6)c6ccccc6)ccc5c41)B3c1ccc(C(C)(C)C)cc1N2c1cccc(C(C)(C)C)c1. The molecule has 58 heavy (non-hydrogen) atoms. The first kappa shape index (κ1) is 34.8. The van der Waals surface area contributed by atoms with Gasteiger partial charge in [0.25, 0.3) is 6.71 Å². The number of rotatable bonds is 4. The smallest absolute Gasteiger partial charge is 0.252 e. The first-order chi connectivity index (χ1) is 28.0. The Hall–Kier alpha value is -6.46. The summed E-state index contributed by atoms with van der Waals surface area (Å²) in [5.74, 6) is 0. The van der Waals surface area contributed by atoms with E-state index in [4.69, 9.17) is 4.42 Å². The summed E-state index contributed by atoms with van der Waals surface area (Å²) >= 11 is 0. The van der Waals surface area contributed by atoms with Gasteiger partial charge in [0.2, 0.25) is 0 Å². The van der Waals surface area contributed by atoms with E-state index >= 15 is 0 Å². The second-order valence-electron chi connectivity index (χ2n) is 18.4. The van der Waals surface area contributed by atoms with Gasteiger partial charge in [-0.3, -0.25) is 0 Å². The van der Waals surface area contributed by atoms with Gasteiger partial charge in [0.15, 0.2) is 5.58 Å². The Balaban J connectivity index is 1.19. The van der Waals surface area contributed by atoms with Crippen LogP contribution in [0.5, 0.6) is 0 Å². The second kappa shape index (κ2) is 12.3. The van der Waals surface area contributed by atoms with Crippen molar-refractivity contribution in [2.24, 2.45) is 0 Å². The second-order valence-corrected chi connectivity index (χ2v) is 18.4. The highest BCUT2D eigenvalue weighted by atomic mass is 16.3. The molecule has 4 nitrogen and oxygen atoms in total. The molecular formula is C53H46BN3O. The highest BCUT2D eigenvalue weighted by Gasteiger charge is 2.43. The molecule has 0 fully saturated rings. The summed E-state index contributed by atoms with van der Waals surface area (Å²) in [7, 11) is 0. The number of aryl methyl sites for hydroxylation is 1. The van der Waals surface area contributed by atoms with E-state index < -0.39 is 0 Å². The van der Waals surface area contributed by atoms with Gasteiger partial charge in [-0.25, -0.2) is 0 Å². The molecule has 2 aromatic heterocycles. The van der Waals surface area contributed by atoms with Crippen molar-refractivity contribution >= 4 is 90.2 Å². The third-order valence-electron chi connectivity index (χ3n) is 12.5. The van der Waals surface area contributed by atoms with Crippen molar-refractivity contribution in [1.29, 1.82) is 0 Å². The van der Waals surface area contributed by atoms with Gasteiger partial charge in [-0.15, -0.1) is 0 Å². The number of hydrogen-bond donors (Lipinski definition) is 0. The Morgan fingerprint density at radius 3 is 1.90 bits per heavy atom. The number of para-hydroxylation sites is 3. The maximum atomic E-state index is 7.05. The molecule has 0 bridgehead atoms. The molecule has 0 unspecified atom stereocenters. The fourth-order valence-corrected chi connectivity index (χ4v) is 9.67. The van der Waals surface area contributed by atoms with E-state index in [9.17, 15) is 0 Å². The minimum Gasteiger partial charge on any atom is -0.454 e. The van der Waals surface area contributed by atoms with Gasteiger partial charge in [0.1, 0.15) is 11.1 Å². The molecule has 0 saturated carbocycles. The quantitative estimate of drug-likeness (QED) is 0.167. The summed E-state index contributed by atoms with van der Waals surface area (Å²) in [6.07, 6.45) is 0. The summed E-state index contributed by atoms with van der Waals surface area (Å²) in [6.45, 7) is 16.2. The van der Waals surface area contributed by atoms with Crippen molar-refractivity contribution in [3.05, 3.63) is 168 Å². The molecule has 5 heteroatoms. The van der Waals surface area contributed by atoms with E-state index in [2.05, 4.69) is 214 Å². The van der Waals surface area contributed by atoms with Crippen LogP contribution in [0.3, 0.4) is 0 Å². The Bertz CT molecular complexity index is 3070. The standard InChI is InChI=1S/C53H46BN3O/c1-33-28-45-48-46(29-33)57-49-41(51-50(57)40-26-25-39(32-47(40)58-51)55(36-17-10-8-11-18-36)37-19-12-9-13-20-37)22-15-23-43(49)54(48)42-27-24-35(53(5,6)7)31-44(42)56(45)38-21-14-16-34(30-38)52(2,3)4/h8-32H,1-7H3. The van der Waals surface area contributed by atoms with Gasteiger partial charge >= 0.3 is 0 Å². The van der Waals surface area contributed by atoms with Crippen LogP contribution in [0.15, 0.2) is 156 Å². The van der Waals surface area contributed by atoms with Gasteiger partial charge < -0.3 is 18.8 Å². The predicted octanol–water partition coefficient (Wildman–Crippen LogP) is 12.5. The van der Waals surface area contributed by atoms with Crippen LogP contribution in [0.2, 0.25) is 0 Å². The van der Waals surface area contributed by atoms with E-state index in [0.29, 0.717) is 0 Å². The fourth-order valence-electron chi connectivity index (χ4n) is 9.67. The average Bonchev–Trinajstić information content (AvgIpc) is 3.74. The van der Waals surface area contributed by atoms with E-state index in [0.717, 1.165) is 44.5 Å². The zero-order valence-electron chi connectivity index (χ0n) is 34.3. The largest absolute Gasteiger partial charge is 0.454 e. The molecule has 0 radical (unpaired) electrons. The van der Waals surface area contributed by atoms with Gasteiger partial charge in [-0.05, 0) is 124 Å². The summed E-state index contributed by atoms with van der Waals surface area (Å²) in [5.41, 5.74) is 20.2. The van der Waals surface area contributed by atoms with Gasteiger partial charge in [-0.2, -0.15) is 0 Å². The molecule has 282 valence electrons. The fraction of sp³-hybridized carbons (Fsp3) is 0.170. The summed E-state index contributed by atoms with van der Waals surface area (Å²) in [4.78, 5) is 4.85. The zero-order chi connectivity index (χ0) is 39.7. The third kappa shape index (κ3) is 5.08. The first-order valence-corrected chi connectivity index (χ1v) is 20.6. The van der Waals surface area contributed by atoms with Crippen LogP contribution in [-0.4, -0.2) is 11.3 Å². The highest BCUT2D eigenvalue weighted by molar-refractivity contribution is 7.00. The van der Waals surface area contributed by atoms with E-state index in [1.807, 2.05) is 0 Å². The number of anilines is 6.